The summed E-state index contributed by atoms with van der Waals surface area (Å²) in [6.07, 6.45) is 8.74. The predicted octanol–water partition coefficient (Wildman–Crippen LogP) is 2.19. The standard InChI is InChI=1S/C14H20N4/c1-3-16-14(8-12-6-5-7-15-9-12)13-10-17-18(4-2)11-13/h5-7,9-11,14,16H,3-4,8H2,1-2H3. The number of nitrogens with zero attached hydrogens (tertiary/aromatic N) is 3. The minimum absolute atomic E-state index is 0.305. The maximum absolute atomic E-state index is 4.34. The second-order valence-electron chi connectivity index (χ2n) is 4.31. The van der Waals surface area contributed by atoms with E-state index in [0.29, 0.717) is 6.04 Å². The Morgan fingerprint density at radius 1 is 1.33 bits per heavy atom. The van der Waals surface area contributed by atoms with Gasteiger partial charge in [0, 0.05) is 36.7 Å². The average molecular weight is 244 g/mol. The first kappa shape index (κ1) is 12.8. The molecule has 0 saturated carbocycles. The van der Waals surface area contributed by atoms with Crippen LogP contribution in [0.5, 0.6) is 0 Å². The highest BCUT2D eigenvalue weighted by atomic mass is 15.3. The van der Waals surface area contributed by atoms with E-state index in [1.807, 2.05) is 23.1 Å². The Balaban J connectivity index is 2.12. The number of likely N-dealkylation sites (N-methyl/N-ethyl adjacent to an activating group) is 1. The van der Waals surface area contributed by atoms with Crippen LogP contribution in [0.2, 0.25) is 0 Å². The van der Waals surface area contributed by atoms with Crippen molar-refractivity contribution in [2.75, 3.05) is 6.54 Å². The molecule has 0 radical (unpaired) electrons. The molecule has 0 aliphatic heterocycles. The summed E-state index contributed by atoms with van der Waals surface area (Å²) in [4.78, 5) is 4.16. The van der Waals surface area contributed by atoms with E-state index in [-0.39, 0.29) is 0 Å². The van der Waals surface area contributed by atoms with Gasteiger partial charge in [-0.1, -0.05) is 13.0 Å². The van der Waals surface area contributed by atoms with Gasteiger partial charge >= 0.3 is 0 Å². The van der Waals surface area contributed by atoms with Crippen molar-refractivity contribution in [2.24, 2.45) is 0 Å². The van der Waals surface area contributed by atoms with Gasteiger partial charge in [0.2, 0.25) is 0 Å². The van der Waals surface area contributed by atoms with E-state index >= 15 is 0 Å². The number of rotatable bonds is 6. The molecule has 0 amide bonds. The van der Waals surface area contributed by atoms with Gasteiger partial charge in [-0.15, -0.1) is 0 Å². The van der Waals surface area contributed by atoms with Crippen molar-refractivity contribution in [3.63, 3.8) is 0 Å². The first-order chi connectivity index (χ1) is 8.83. The zero-order valence-corrected chi connectivity index (χ0v) is 11.0. The van der Waals surface area contributed by atoms with Crippen LogP contribution in [0.25, 0.3) is 0 Å². The molecule has 0 aromatic carbocycles. The Labute approximate surface area is 108 Å². The SMILES string of the molecule is CCNC(Cc1cccnc1)c1cnn(CC)c1. The summed E-state index contributed by atoms with van der Waals surface area (Å²) in [5.74, 6) is 0. The van der Waals surface area contributed by atoms with E-state index < -0.39 is 0 Å². The van der Waals surface area contributed by atoms with Crippen molar-refractivity contribution in [3.05, 3.63) is 48.0 Å². The molecule has 1 atom stereocenters. The van der Waals surface area contributed by atoms with Gasteiger partial charge in [0.05, 0.1) is 6.20 Å². The molecule has 0 fully saturated rings. The molecule has 1 N–H and O–H groups in total. The molecule has 18 heavy (non-hydrogen) atoms. The molecule has 96 valence electrons. The molecule has 2 aromatic heterocycles. The number of nitrogens with one attached hydrogen (secondary N) is 1. The highest BCUT2D eigenvalue weighted by molar-refractivity contribution is 5.17. The van der Waals surface area contributed by atoms with Crippen LogP contribution in [-0.4, -0.2) is 21.3 Å². The normalized spacial score (nSPS) is 12.6. The fourth-order valence-electron chi connectivity index (χ4n) is 2.04. The maximum Gasteiger partial charge on any atom is 0.0537 e. The summed E-state index contributed by atoms with van der Waals surface area (Å²) < 4.78 is 1.96. The molecular formula is C14H20N4. The highest BCUT2D eigenvalue weighted by Gasteiger charge is 2.13. The Morgan fingerprint density at radius 3 is 2.83 bits per heavy atom. The van der Waals surface area contributed by atoms with Gasteiger partial charge in [-0.2, -0.15) is 5.10 Å². The van der Waals surface area contributed by atoms with Gasteiger partial charge < -0.3 is 5.32 Å². The van der Waals surface area contributed by atoms with Gasteiger partial charge in [-0.05, 0) is 31.5 Å². The molecule has 0 aliphatic carbocycles. The minimum atomic E-state index is 0.305. The van der Waals surface area contributed by atoms with Gasteiger partial charge in [0.25, 0.3) is 0 Å². The Morgan fingerprint density at radius 2 is 2.22 bits per heavy atom. The highest BCUT2D eigenvalue weighted by Crippen LogP contribution is 2.17. The Hall–Kier alpha value is -1.68. The average Bonchev–Trinajstić information content (AvgIpc) is 2.88. The fourth-order valence-corrected chi connectivity index (χ4v) is 2.04. The van der Waals surface area contributed by atoms with Crippen molar-refractivity contribution in [2.45, 2.75) is 32.9 Å². The number of hydrogen-bond donors (Lipinski definition) is 1. The van der Waals surface area contributed by atoms with Crippen LogP contribution in [-0.2, 0) is 13.0 Å². The number of pyridine rings is 1. The molecule has 0 bridgehead atoms. The van der Waals surface area contributed by atoms with Crippen molar-refractivity contribution in [1.82, 2.24) is 20.1 Å². The molecule has 0 aliphatic rings. The number of aryl methyl sites for hydroxylation is 1. The molecule has 0 spiro atoms. The molecule has 0 saturated heterocycles. The van der Waals surface area contributed by atoms with Gasteiger partial charge in [-0.25, -0.2) is 0 Å². The molecule has 1 unspecified atom stereocenters. The number of hydrogen-bond acceptors (Lipinski definition) is 3. The lowest BCUT2D eigenvalue weighted by Crippen LogP contribution is -2.22. The lowest BCUT2D eigenvalue weighted by molar-refractivity contribution is 0.547. The zero-order valence-electron chi connectivity index (χ0n) is 11.0. The van der Waals surface area contributed by atoms with E-state index in [9.17, 15) is 0 Å². The van der Waals surface area contributed by atoms with Crippen LogP contribution in [0, 0.1) is 0 Å². The summed E-state index contributed by atoms with van der Waals surface area (Å²) in [7, 11) is 0. The molecule has 2 rings (SSSR count). The van der Waals surface area contributed by atoms with E-state index in [2.05, 4.69) is 41.5 Å². The quantitative estimate of drug-likeness (QED) is 0.847. The summed E-state index contributed by atoms with van der Waals surface area (Å²) in [6, 6.07) is 4.40. The van der Waals surface area contributed by atoms with E-state index in [4.69, 9.17) is 0 Å². The lowest BCUT2D eigenvalue weighted by atomic mass is 10.0. The maximum atomic E-state index is 4.34. The molecular weight excluding hydrogens is 224 g/mol. The Bertz CT molecular complexity index is 464. The third-order valence-corrected chi connectivity index (χ3v) is 2.99. The monoisotopic (exact) mass is 244 g/mol. The van der Waals surface area contributed by atoms with Crippen LogP contribution < -0.4 is 5.32 Å². The summed E-state index contributed by atoms with van der Waals surface area (Å²) in [6.45, 7) is 6.08. The fraction of sp³-hybridized carbons (Fsp3) is 0.429. The van der Waals surface area contributed by atoms with Crippen molar-refractivity contribution < 1.29 is 0 Å². The topological polar surface area (TPSA) is 42.7 Å². The molecule has 4 nitrogen and oxygen atoms in total. The van der Waals surface area contributed by atoms with E-state index in [1.54, 1.807) is 6.20 Å². The largest absolute Gasteiger partial charge is 0.310 e. The van der Waals surface area contributed by atoms with Crippen molar-refractivity contribution in [1.29, 1.82) is 0 Å². The van der Waals surface area contributed by atoms with E-state index in [0.717, 1.165) is 19.5 Å². The van der Waals surface area contributed by atoms with E-state index in [1.165, 1.54) is 11.1 Å². The van der Waals surface area contributed by atoms with Crippen molar-refractivity contribution >= 4 is 0 Å². The summed E-state index contributed by atoms with van der Waals surface area (Å²) in [5, 5.41) is 7.84. The third-order valence-electron chi connectivity index (χ3n) is 2.99. The van der Waals surface area contributed by atoms with Gasteiger partial charge in [0.1, 0.15) is 0 Å². The zero-order chi connectivity index (χ0) is 12.8. The summed E-state index contributed by atoms with van der Waals surface area (Å²) >= 11 is 0. The summed E-state index contributed by atoms with van der Waals surface area (Å²) in [5.41, 5.74) is 2.48. The van der Waals surface area contributed by atoms with Crippen LogP contribution >= 0.6 is 0 Å². The van der Waals surface area contributed by atoms with Gasteiger partial charge in [-0.3, -0.25) is 9.67 Å². The number of aromatic nitrogens is 3. The first-order valence-electron chi connectivity index (χ1n) is 6.48. The lowest BCUT2D eigenvalue weighted by Gasteiger charge is -2.16. The van der Waals surface area contributed by atoms with Crippen LogP contribution in [0.15, 0.2) is 36.9 Å². The molecule has 2 aromatic rings. The Kier molecular flexibility index (Phi) is 4.47. The third kappa shape index (κ3) is 3.17. The first-order valence-corrected chi connectivity index (χ1v) is 6.48. The minimum Gasteiger partial charge on any atom is -0.310 e. The second-order valence-corrected chi connectivity index (χ2v) is 4.31. The van der Waals surface area contributed by atoms with Gasteiger partial charge in [0.15, 0.2) is 0 Å². The molecule has 4 heteroatoms. The predicted molar refractivity (Wildman–Crippen MR) is 72.3 cm³/mol. The van der Waals surface area contributed by atoms with Crippen LogP contribution in [0.1, 0.15) is 31.0 Å². The van der Waals surface area contributed by atoms with Crippen molar-refractivity contribution in [3.8, 4) is 0 Å². The second kappa shape index (κ2) is 6.31. The molecule has 2 heterocycles. The van der Waals surface area contributed by atoms with Crippen LogP contribution in [0.4, 0.5) is 0 Å². The smallest absolute Gasteiger partial charge is 0.0537 e. The van der Waals surface area contributed by atoms with Crippen LogP contribution in [0.3, 0.4) is 0 Å².